The predicted molar refractivity (Wildman–Crippen MR) is 85.8 cm³/mol. The van der Waals surface area contributed by atoms with Crippen LogP contribution in [0.15, 0.2) is 64.6 Å². The second kappa shape index (κ2) is 6.60. The molecule has 0 spiro atoms. The smallest absolute Gasteiger partial charge is 0.287 e. The largest absolute Gasteiger partial charge is 0.459 e. The lowest BCUT2D eigenvalue weighted by molar-refractivity contribution is 0.0889. The monoisotopic (exact) mass is 313 g/mol. The molecule has 0 saturated carbocycles. The molecule has 0 aliphatic rings. The number of carbonyl (C=O) groups is 1. The van der Waals surface area contributed by atoms with Crippen molar-refractivity contribution < 1.29 is 14.3 Å². The average Bonchev–Trinajstić information content (AvgIpc) is 3.25. The molecule has 2 aromatic heterocycles. The van der Waals surface area contributed by atoms with E-state index in [0.29, 0.717) is 0 Å². The molecular formula is C17H15NO3S. The molecule has 22 heavy (non-hydrogen) atoms. The van der Waals surface area contributed by atoms with Crippen molar-refractivity contribution in [2.45, 2.75) is 6.10 Å². The van der Waals surface area contributed by atoms with E-state index in [1.165, 1.54) is 11.1 Å². The third-order valence-electron chi connectivity index (χ3n) is 3.30. The molecular weight excluding hydrogens is 298 g/mol. The summed E-state index contributed by atoms with van der Waals surface area (Å²) in [6.07, 6.45) is 0.686. The molecule has 0 fully saturated rings. The highest BCUT2D eigenvalue weighted by Crippen LogP contribution is 2.25. The van der Waals surface area contributed by atoms with Gasteiger partial charge in [-0.2, -0.15) is 0 Å². The maximum atomic E-state index is 11.7. The summed E-state index contributed by atoms with van der Waals surface area (Å²) in [5.41, 5.74) is 1.88. The Morgan fingerprint density at radius 1 is 1.18 bits per heavy atom. The Morgan fingerprint density at radius 3 is 2.64 bits per heavy atom. The number of carbonyl (C=O) groups excluding carboxylic acids is 1. The SMILES string of the molecule is O=C(NCC(O)c1ccc(-c2cccs2)cc1)c1ccco1. The lowest BCUT2D eigenvalue weighted by atomic mass is 10.1. The van der Waals surface area contributed by atoms with E-state index >= 15 is 0 Å². The Kier molecular flexibility index (Phi) is 4.37. The number of rotatable bonds is 5. The van der Waals surface area contributed by atoms with Crippen LogP contribution in [0.5, 0.6) is 0 Å². The highest BCUT2D eigenvalue weighted by Gasteiger charge is 2.12. The fourth-order valence-electron chi connectivity index (χ4n) is 2.11. The van der Waals surface area contributed by atoms with E-state index < -0.39 is 6.10 Å². The lowest BCUT2D eigenvalue weighted by Crippen LogP contribution is -2.28. The number of nitrogens with one attached hydrogen (secondary N) is 1. The Balaban J connectivity index is 1.60. The first kappa shape index (κ1) is 14.6. The van der Waals surface area contributed by atoms with Gasteiger partial charge in [0.2, 0.25) is 0 Å². The molecule has 112 valence electrons. The Morgan fingerprint density at radius 2 is 2.00 bits per heavy atom. The van der Waals surface area contributed by atoms with Crippen LogP contribution >= 0.6 is 11.3 Å². The first-order valence-electron chi connectivity index (χ1n) is 6.87. The van der Waals surface area contributed by atoms with Crippen LogP contribution in [0.4, 0.5) is 0 Å². The van der Waals surface area contributed by atoms with Gasteiger partial charge in [0, 0.05) is 11.4 Å². The molecule has 1 amide bonds. The second-order valence-corrected chi connectivity index (χ2v) is 5.75. The first-order valence-corrected chi connectivity index (χ1v) is 7.75. The van der Waals surface area contributed by atoms with Crippen molar-refractivity contribution in [3.05, 3.63) is 71.5 Å². The minimum atomic E-state index is -0.753. The van der Waals surface area contributed by atoms with Gasteiger partial charge in [-0.15, -0.1) is 11.3 Å². The Labute approximate surface area is 132 Å². The molecule has 0 aliphatic heterocycles. The lowest BCUT2D eigenvalue weighted by Gasteiger charge is -2.12. The molecule has 4 nitrogen and oxygen atoms in total. The van der Waals surface area contributed by atoms with Gasteiger partial charge in [-0.1, -0.05) is 30.3 Å². The van der Waals surface area contributed by atoms with E-state index in [1.54, 1.807) is 23.5 Å². The molecule has 2 N–H and O–H groups in total. The summed E-state index contributed by atoms with van der Waals surface area (Å²) < 4.78 is 5.00. The van der Waals surface area contributed by atoms with Crippen molar-refractivity contribution in [3.63, 3.8) is 0 Å². The van der Waals surface area contributed by atoms with E-state index in [-0.39, 0.29) is 18.2 Å². The molecule has 1 unspecified atom stereocenters. The molecule has 2 heterocycles. The van der Waals surface area contributed by atoms with E-state index in [9.17, 15) is 9.90 Å². The first-order chi connectivity index (χ1) is 10.7. The Bertz CT molecular complexity index is 718. The van der Waals surface area contributed by atoms with Crippen LogP contribution in [0.3, 0.4) is 0 Å². The van der Waals surface area contributed by atoms with Crippen molar-refractivity contribution in [3.8, 4) is 10.4 Å². The summed E-state index contributed by atoms with van der Waals surface area (Å²) in [7, 11) is 0. The van der Waals surface area contributed by atoms with Crippen LogP contribution in [-0.2, 0) is 0 Å². The third-order valence-corrected chi connectivity index (χ3v) is 4.22. The molecule has 3 rings (SSSR count). The van der Waals surface area contributed by atoms with Gasteiger partial charge < -0.3 is 14.8 Å². The minimum Gasteiger partial charge on any atom is -0.459 e. The summed E-state index contributed by atoms with van der Waals surface area (Å²) in [4.78, 5) is 12.9. The van der Waals surface area contributed by atoms with Crippen molar-refractivity contribution in [1.82, 2.24) is 5.32 Å². The normalized spacial score (nSPS) is 12.0. The fourth-order valence-corrected chi connectivity index (χ4v) is 2.85. The van der Waals surface area contributed by atoms with Gasteiger partial charge >= 0.3 is 0 Å². The maximum Gasteiger partial charge on any atom is 0.287 e. The van der Waals surface area contributed by atoms with Crippen LogP contribution < -0.4 is 5.32 Å². The standard InChI is InChI=1S/C17H15NO3S/c19-14(11-18-17(20)15-3-1-9-21-15)12-5-7-13(8-6-12)16-4-2-10-22-16/h1-10,14,19H,11H2,(H,18,20). The van der Waals surface area contributed by atoms with E-state index in [2.05, 4.69) is 11.4 Å². The third kappa shape index (κ3) is 3.27. The molecule has 0 saturated heterocycles. The van der Waals surface area contributed by atoms with Crippen molar-refractivity contribution >= 4 is 17.2 Å². The maximum absolute atomic E-state index is 11.7. The summed E-state index contributed by atoms with van der Waals surface area (Å²) in [6, 6.07) is 15.0. The summed E-state index contributed by atoms with van der Waals surface area (Å²) in [5.74, 6) is -0.0977. The fraction of sp³-hybridized carbons (Fsp3) is 0.118. The number of benzene rings is 1. The molecule has 1 aromatic carbocycles. The van der Waals surface area contributed by atoms with Gasteiger partial charge in [-0.3, -0.25) is 4.79 Å². The number of aliphatic hydroxyl groups excluding tert-OH is 1. The van der Waals surface area contributed by atoms with Crippen LogP contribution in [0.25, 0.3) is 10.4 Å². The number of amides is 1. The van der Waals surface area contributed by atoms with Crippen LogP contribution in [0.2, 0.25) is 0 Å². The van der Waals surface area contributed by atoms with E-state index in [0.717, 1.165) is 11.1 Å². The van der Waals surface area contributed by atoms with Gasteiger partial charge in [0.05, 0.1) is 12.4 Å². The predicted octanol–water partition coefficient (Wildman–Crippen LogP) is 3.47. The Hall–Kier alpha value is -2.37. The second-order valence-electron chi connectivity index (χ2n) is 4.80. The molecule has 1 atom stereocenters. The molecule has 0 radical (unpaired) electrons. The molecule has 0 bridgehead atoms. The zero-order chi connectivity index (χ0) is 15.4. The zero-order valence-electron chi connectivity index (χ0n) is 11.7. The van der Waals surface area contributed by atoms with Crippen molar-refractivity contribution in [2.24, 2.45) is 0 Å². The van der Waals surface area contributed by atoms with Gasteiger partial charge in [-0.05, 0) is 34.7 Å². The summed E-state index contributed by atoms with van der Waals surface area (Å²) in [5, 5.41) is 14.8. The number of furan rings is 1. The minimum absolute atomic E-state index is 0.137. The topological polar surface area (TPSA) is 62.5 Å². The zero-order valence-corrected chi connectivity index (χ0v) is 12.5. The number of hydrogen-bond acceptors (Lipinski definition) is 4. The van der Waals surface area contributed by atoms with Gasteiger partial charge in [0.1, 0.15) is 0 Å². The molecule has 3 aromatic rings. The van der Waals surface area contributed by atoms with Crippen molar-refractivity contribution in [1.29, 1.82) is 0 Å². The summed E-state index contributed by atoms with van der Waals surface area (Å²) in [6.45, 7) is 0.137. The summed E-state index contributed by atoms with van der Waals surface area (Å²) >= 11 is 1.67. The quantitative estimate of drug-likeness (QED) is 0.758. The van der Waals surface area contributed by atoms with E-state index in [4.69, 9.17) is 4.42 Å². The van der Waals surface area contributed by atoms with Crippen molar-refractivity contribution in [2.75, 3.05) is 6.54 Å². The van der Waals surface area contributed by atoms with Gasteiger partial charge in [0.15, 0.2) is 5.76 Å². The molecule has 0 aliphatic carbocycles. The van der Waals surface area contributed by atoms with Crippen LogP contribution in [0, 0.1) is 0 Å². The number of hydrogen-bond donors (Lipinski definition) is 2. The van der Waals surface area contributed by atoms with E-state index in [1.807, 2.05) is 35.7 Å². The van der Waals surface area contributed by atoms with Gasteiger partial charge in [-0.25, -0.2) is 0 Å². The van der Waals surface area contributed by atoms with Crippen LogP contribution in [-0.4, -0.2) is 17.6 Å². The van der Waals surface area contributed by atoms with Gasteiger partial charge in [0.25, 0.3) is 5.91 Å². The highest BCUT2D eigenvalue weighted by atomic mass is 32.1. The van der Waals surface area contributed by atoms with Crippen LogP contribution in [0.1, 0.15) is 22.2 Å². The highest BCUT2D eigenvalue weighted by molar-refractivity contribution is 7.13. The molecule has 5 heteroatoms. The number of thiophene rings is 1. The number of aliphatic hydroxyl groups is 1. The average molecular weight is 313 g/mol.